The predicted molar refractivity (Wildman–Crippen MR) is 72.1 cm³/mol. The number of halogens is 4. The van der Waals surface area contributed by atoms with E-state index in [-0.39, 0.29) is 17.8 Å². The Hall–Kier alpha value is -1.04. The highest BCUT2D eigenvalue weighted by molar-refractivity contribution is 6.17. The maximum atomic E-state index is 12.7. The molecule has 1 saturated carbocycles. The van der Waals surface area contributed by atoms with Crippen molar-refractivity contribution in [1.82, 2.24) is 9.97 Å². The third kappa shape index (κ3) is 3.75. The van der Waals surface area contributed by atoms with Crippen molar-refractivity contribution in [3.8, 4) is 0 Å². The molecule has 20 heavy (non-hydrogen) atoms. The molecule has 2 rings (SSSR count). The molecule has 112 valence electrons. The van der Waals surface area contributed by atoms with Crippen LogP contribution in [0.15, 0.2) is 6.20 Å². The molecule has 1 aromatic rings. The maximum absolute atomic E-state index is 12.7. The molecule has 0 aliphatic heterocycles. The topological polar surface area (TPSA) is 29.0 Å². The van der Waals surface area contributed by atoms with E-state index in [4.69, 9.17) is 11.6 Å². The zero-order valence-corrected chi connectivity index (χ0v) is 12.2. The van der Waals surface area contributed by atoms with Gasteiger partial charge < -0.3 is 4.90 Å². The largest absolute Gasteiger partial charge is 0.405 e. The Kier molecular flexibility index (Phi) is 4.42. The van der Waals surface area contributed by atoms with E-state index in [9.17, 15) is 13.2 Å². The first-order chi connectivity index (χ1) is 9.31. The molecule has 3 nitrogen and oxygen atoms in total. The summed E-state index contributed by atoms with van der Waals surface area (Å²) in [5, 5.41) is 0. The molecule has 0 amide bonds. The molecular formula is C13H17ClF3N3. The smallest absolute Gasteiger partial charge is 0.357 e. The van der Waals surface area contributed by atoms with E-state index < -0.39 is 12.7 Å². The summed E-state index contributed by atoms with van der Waals surface area (Å²) in [6.45, 7) is 2.88. The van der Waals surface area contributed by atoms with Gasteiger partial charge in [0.05, 0.1) is 23.5 Å². The Bertz CT molecular complexity index is 472. The fourth-order valence-electron chi connectivity index (χ4n) is 2.03. The average molecular weight is 308 g/mol. The number of aromatic nitrogens is 2. The summed E-state index contributed by atoms with van der Waals surface area (Å²) >= 11 is 5.85. The molecule has 1 aromatic heterocycles. The normalized spacial score (nSPS) is 15.8. The van der Waals surface area contributed by atoms with Crippen LogP contribution >= 0.6 is 11.6 Å². The van der Waals surface area contributed by atoms with E-state index in [0.29, 0.717) is 17.2 Å². The van der Waals surface area contributed by atoms with E-state index in [2.05, 4.69) is 9.97 Å². The van der Waals surface area contributed by atoms with Crippen molar-refractivity contribution in [2.24, 2.45) is 0 Å². The molecule has 1 fully saturated rings. The zero-order chi connectivity index (χ0) is 14.9. The van der Waals surface area contributed by atoms with Crippen molar-refractivity contribution in [3.05, 3.63) is 17.7 Å². The molecule has 0 bridgehead atoms. The summed E-state index contributed by atoms with van der Waals surface area (Å²) in [6, 6.07) is -0.0768. The first kappa shape index (κ1) is 15.4. The molecular weight excluding hydrogens is 291 g/mol. The van der Waals surface area contributed by atoms with Crippen LogP contribution < -0.4 is 4.90 Å². The van der Waals surface area contributed by atoms with Crippen molar-refractivity contribution >= 4 is 17.3 Å². The van der Waals surface area contributed by atoms with Gasteiger partial charge in [0, 0.05) is 12.0 Å². The lowest BCUT2D eigenvalue weighted by Crippen LogP contribution is -2.36. The third-order valence-corrected chi connectivity index (χ3v) is 3.41. The van der Waals surface area contributed by atoms with Gasteiger partial charge in [0.1, 0.15) is 12.4 Å². The van der Waals surface area contributed by atoms with Crippen molar-refractivity contribution in [2.45, 2.75) is 50.7 Å². The molecule has 1 heterocycles. The number of hydrogen-bond donors (Lipinski definition) is 0. The molecule has 0 saturated heterocycles. The average Bonchev–Trinajstić information content (AvgIpc) is 3.18. The summed E-state index contributed by atoms with van der Waals surface area (Å²) < 4.78 is 38.1. The first-order valence-electron chi connectivity index (χ1n) is 6.57. The standard InChI is InChI=1S/C13H17ClF3N3/c1-8(2)12-18-6-11(10(5-14)19-12)20(9-3-4-9)7-13(15,16)17/h6,8-9H,3-5,7H2,1-2H3. The third-order valence-electron chi connectivity index (χ3n) is 3.15. The van der Waals surface area contributed by atoms with Crippen LogP contribution in [0, 0.1) is 0 Å². The summed E-state index contributed by atoms with van der Waals surface area (Å²) in [6.07, 6.45) is -1.24. The van der Waals surface area contributed by atoms with Crippen LogP contribution in [-0.4, -0.2) is 28.7 Å². The minimum Gasteiger partial charge on any atom is -0.357 e. The molecule has 0 unspecified atom stereocenters. The lowest BCUT2D eigenvalue weighted by molar-refractivity contribution is -0.120. The SMILES string of the molecule is CC(C)c1ncc(N(CC(F)(F)F)C2CC2)c(CCl)n1. The summed E-state index contributed by atoms with van der Waals surface area (Å²) in [5.74, 6) is 0.800. The van der Waals surface area contributed by atoms with Crippen LogP contribution in [0.1, 0.15) is 44.1 Å². The second-order valence-corrected chi connectivity index (χ2v) is 5.59. The van der Waals surface area contributed by atoms with Crippen LogP contribution in [0.5, 0.6) is 0 Å². The van der Waals surface area contributed by atoms with Crippen LogP contribution in [0.25, 0.3) is 0 Å². The van der Waals surface area contributed by atoms with Crippen molar-refractivity contribution in [1.29, 1.82) is 0 Å². The summed E-state index contributed by atoms with van der Waals surface area (Å²) in [5.41, 5.74) is 0.880. The van der Waals surface area contributed by atoms with Gasteiger partial charge >= 0.3 is 6.18 Å². The Morgan fingerprint density at radius 1 is 1.40 bits per heavy atom. The second kappa shape index (κ2) is 5.76. The number of alkyl halides is 4. The van der Waals surface area contributed by atoms with Gasteiger partial charge in [-0.1, -0.05) is 13.8 Å². The van der Waals surface area contributed by atoms with E-state index in [1.54, 1.807) is 0 Å². The van der Waals surface area contributed by atoms with Gasteiger partial charge in [-0.15, -0.1) is 11.6 Å². The van der Waals surface area contributed by atoms with E-state index in [0.717, 1.165) is 12.8 Å². The second-order valence-electron chi connectivity index (χ2n) is 5.32. The van der Waals surface area contributed by atoms with Crippen LogP contribution in [0.2, 0.25) is 0 Å². The zero-order valence-electron chi connectivity index (χ0n) is 11.4. The minimum atomic E-state index is -4.25. The fourth-order valence-corrected chi connectivity index (χ4v) is 2.23. The molecule has 0 radical (unpaired) electrons. The predicted octanol–water partition coefficient (Wildman–Crippen LogP) is 3.87. The monoisotopic (exact) mass is 307 g/mol. The van der Waals surface area contributed by atoms with Gasteiger partial charge in [-0.3, -0.25) is 0 Å². The lowest BCUT2D eigenvalue weighted by atomic mass is 10.2. The molecule has 0 N–H and O–H groups in total. The van der Waals surface area contributed by atoms with E-state index in [1.165, 1.54) is 11.1 Å². The Morgan fingerprint density at radius 3 is 2.50 bits per heavy atom. The molecule has 0 atom stereocenters. The van der Waals surface area contributed by atoms with Crippen molar-refractivity contribution in [3.63, 3.8) is 0 Å². The van der Waals surface area contributed by atoms with Crippen LogP contribution in [-0.2, 0) is 5.88 Å². The first-order valence-corrected chi connectivity index (χ1v) is 7.10. The Labute approximate surface area is 121 Å². The van der Waals surface area contributed by atoms with Crippen LogP contribution in [0.3, 0.4) is 0 Å². The molecule has 0 aromatic carbocycles. The van der Waals surface area contributed by atoms with Crippen molar-refractivity contribution in [2.75, 3.05) is 11.4 Å². The summed E-state index contributed by atoms with van der Waals surface area (Å²) in [7, 11) is 0. The maximum Gasteiger partial charge on any atom is 0.405 e. The fraction of sp³-hybridized carbons (Fsp3) is 0.692. The van der Waals surface area contributed by atoms with E-state index >= 15 is 0 Å². The van der Waals surface area contributed by atoms with Gasteiger partial charge in [-0.25, -0.2) is 9.97 Å². The van der Waals surface area contributed by atoms with Gasteiger partial charge in [0.15, 0.2) is 0 Å². The summed E-state index contributed by atoms with van der Waals surface area (Å²) in [4.78, 5) is 9.80. The highest BCUT2D eigenvalue weighted by Gasteiger charge is 2.39. The molecule has 1 aliphatic rings. The highest BCUT2D eigenvalue weighted by Crippen LogP contribution is 2.36. The van der Waals surface area contributed by atoms with Crippen LogP contribution in [0.4, 0.5) is 18.9 Å². The number of rotatable bonds is 5. The van der Waals surface area contributed by atoms with Gasteiger partial charge in [0.25, 0.3) is 0 Å². The number of hydrogen-bond acceptors (Lipinski definition) is 3. The number of anilines is 1. The Morgan fingerprint density at radius 2 is 2.05 bits per heavy atom. The van der Waals surface area contributed by atoms with Gasteiger partial charge in [-0.05, 0) is 12.8 Å². The highest BCUT2D eigenvalue weighted by atomic mass is 35.5. The molecule has 1 aliphatic carbocycles. The Balaban J connectivity index is 2.32. The quantitative estimate of drug-likeness (QED) is 0.773. The number of nitrogens with zero attached hydrogens (tertiary/aromatic N) is 3. The minimum absolute atomic E-state index is 0.0768. The van der Waals surface area contributed by atoms with E-state index in [1.807, 2.05) is 13.8 Å². The van der Waals surface area contributed by atoms with Gasteiger partial charge in [-0.2, -0.15) is 13.2 Å². The molecule has 7 heteroatoms. The van der Waals surface area contributed by atoms with Gasteiger partial charge in [0.2, 0.25) is 0 Å². The van der Waals surface area contributed by atoms with Crippen molar-refractivity contribution < 1.29 is 13.2 Å². The molecule has 0 spiro atoms. The lowest BCUT2D eigenvalue weighted by Gasteiger charge is -2.27.